The second-order valence-electron chi connectivity index (χ2n) is 7.46. The molecule has 7 heteroatoms. The predicted octanol–water partition coefficient (Wildman–Crippen LogP) is 4.05. The normalized spacial score (nSPS) is 12.5. The van der Waals surface area contributed by atoms with E-state index in [2.05, 4.69) is 46.4 Å². The number of benzene rings is 1. The minimum absolute atomic E-state index is 0.0116. The van der Waals surface area contributed by atoms with Crippen LogP contribution in [-0.4, -0.2) is 31.2 Å². The van der Waals surface area contributed by atoms with Crippen LogP contribution in [0.3, 0.4) is 0 Å². The Morgan fingerprint density at radius 2 is 1.86 bits per heavy atom. The van der Waals surface area contributed by atoms with E-state index in [-0.39, 0.29) is 17.7 Å². The zero-order chi connectivity index (χ0) is 20.3. The van der Waals surface area contributed by atoms with E-state index in [9.17, 15) is 4.79 Å². The van der Waals surface area contributed by atoms with Crippen LogP contribution in [0.15, 0.2) is 35.5 Å². The molecule has 1 atom stereocenters. The number of carbonyl (C=O) groups excluding carboxylic acids is 1. The molecule has 0 saturated heterocycles. The van der Waals surface area contributed by atoms with E-state index in [1.807, 2.05) is 39.0 Å². The van der Waals surface area contributed by atoms with Gasteiger partial charge in [-0.3, -0.25) is 4.79 Å². The molecule has 0 radical (unpaired) electrons. The first kappa shape index (κ1) is 20.3. The van der Waals surface area contributed by atoms with Crippen LogP contribution in [-0.2, 0) is 4.79 Å². The lowest BCUT2D eigenvalue weighted by Gasteiger charge is -2.21. The molecule has 0 fully saturated rings. The molecule has 2 heterocycles. The van der Waals surface area contributed by atoms with Gasteiger partial charge in [0.15, 0.2) is 0 Å². The number of aromatic nitrogens is 4. The Balaban J connectivity index is 1.67. The smallest absolute Gasteiger partial charge is 0.253 e. The van der Waals surface area contributed by atoms with Gasteiger partial charge in [-0.05, 0) is 44.2 Å². The van der Waals surface area contributed by atoms with Gasteiger partial charge < -0.3 is 5.32 Å². The number of thioether (sulfide) groups is 1. The van der Waals surface area contributed by atoms with Crippen LogP contribution in [0.1, 0.15) is 48.8 Å². The zero-order valence-electron chi connectivity index (χ0n) is 17.1. The number of nitrogens with zero attached hydrogens (tertiary/aromatic N) is 4. The van der Waals surface area contributed by atoms with Crippen molar-refractivity contribution in [1.29, 1.82) is 0 Å². The van der Waals surface area contributed by atoms with Crippen molar-refractivity contribution in [3.63, 3.8) is 0 Å². The summed E-state index contributed by atoms with van der Waals surface area (Å²) in [7, 11) is 0. The molecule has 28 heavy (non-hydrogen) atoms. The molecule has 3 rings (SSSR count). The van der Waals surface area contributed by atoms with Crippen LogP contribution < -0.4 is 5.32 Å². The summed E-state index contributed by atoms with van der Waals surface area (Å²) < 4.78 is 1.74. The highest BCUT2D eigenvalue weighted by atomic mass is 32.2. The van der Waals surface area contributed by atoms with Crippen molar-refractivity contribution < 1.29 is 4.79 Å². The standard InChI is InChI=1S/C21H27N5OS/c1-13(2)11-18(17-9-7-6-8-10-17)23-19(27)12-28-21-24-20-22-15(4)14(3)16(5)26(20)25-21/h6-10,13,18H,11-12H2,1-5H3,(H,23,27). The molecular weight excluding hydrogens is 370 g/mol. The summed E-state index contributed by atoms with van der Waals surface area (Å²) in [5, 5.41) is 8.22. The van der Waals surface area contributed by atoms with Crippen LogP contribution >= 0.6 is 11.8 Å². The molecule has 1 N–H and O–H groups in total. The molecule has 0 aliphatic carbocycles. The van der Waals surface area contributed by atoms with E-state index in [0.717, 1.165) is 28.9 Å². The first-order chi connectivity index (χ1) is 13.3. The molecule has 3 aromatic rings. The third kappa shape index (κ3) is 4.70. The second-order valence-corrected chi connectivity index (χ2v) is 8.41. The molecule has 2 aromatic heterocycles. The minimum atomic E-state index is -0.0181. The fourth-order valence-electron chi connectivity index (χ4n) is 3.10. The molecule has 6 nitrogen and oxygen atoms in total. The number of rotatable bonds is 7. The summed E-state index contributed by atoms with van der Waals surface area (Å²) in [5.74, 6) is 1.31. The van der Waals surface area contributed by atoms with Crippen LogP contribution in [0.5, 0.6) is 0 Å². The Morgan fingerprint density at radius 3 is 2.54 bits per heavy atom. The summed E-state index contributed by atoms with van der Waals surface area (Å²) in [5.41, 5.74) is 4.20. The van der Waals surface area contributed by atoms with Gasteiger partial charge >= 0.3 is 0 Å². The number of hydrogen-bond acceptors (Lipinski definition) is 5. The van der Waals surface area contributed by atoms with Gasteiger partial charge in [-0.2, -0.15) is 4.98 Å². The Labute approximate surface area is 170 Å². The van der Waals surface area contributed by atoms with Crippen molar-refractivity contribution >= 4 is 23.4 Å². The van der Waals surface area contributed by atoms with Crippen LogP contribution in [0.4, 0.5) is 0 Å². The van der Waals surface area contributed by atoms with E-state index < -0.39 is 0 Å². The number of aryl methyl sites for hydroxylation is 2. The Bertz CT molecular complexity index is 968. The van der Waals surface area contributed by atoms with Gasteiger partial charge in [0.1, 0.15) is 0 Å². The number of carbonyl (C=O) groups is 1. The van der Waals surface area contributed by atoms with Gasteiger partial charge in [0.2, 0.25) is 11.1 Å². The van der Waals surface area contributed by atoms with Crippen molar-refractivity contribution in [3.05, 3.63) is 52.8 Å². The molecule has 0 saturated carbocycles. The van der Waals surface area contributed by atoms with E-state index >= 15 is 0 Å². The fraction of sp³-hybridized carbons (Fsp3) is 0.429. The minimum Gasteiger partial charge on any atom is -0.349 e. The van der Waals surface area contributed by atoms with E-state index in [0.29, 0.717) is 16.9 Å². The van der Waals surface area contributed by atoms with E-state index in [1.54, 1.807) is 4.52 Å². The highest BCUT2D eigenvalue weighted by Crippen LogP contribution is 2.22. The molecule has 0 aliphatic heterocycles. The quantitative estimate of drug-likeness (QED) is 0.609. The van der Waals surface area contributed by atoms with Gasteiger partial charge in [-0.1, -0.05) is 55.9 Å². The summed E-state index contributed by atoms with van der Waals surface area (Å²) in [6, 6.07) is 10.1. The first-order valence-corrected chi connectivity index (χ1v) is 10.5. The summed E-state index contributed by atoms with van der Waals surface area (Å²) in [6.45, 7) is 10.3. The molecule has 1 aromatic carbocycles. The van der Waals surface area contributed by atoms with Crippen molar-refractivity contribution in [2.24, 2.45) is 5.92 Å². The van der Waals surface area contributed by atoms with Gasteiger partial charge in [-0.15, -0.1) is 5.10 Å². The molecule has 1 unspecified atom stereocenters. The average molecular weight is 398 g/mol. The summed E-state index contributed by atoms with van der Waals surface area (Å²) in [4.78, 5) is 21.5. The van der Waals surface area contributed by atoms with E-state index in [1.165, 1.54) is 11.8 Å². The zero-order valence-corrected chi connectivity index (χ0v) is 17.9. The van der Waals surface area contributed by atoms with Gasteiger partial charge in [0.05, 0.1) is 11.8 Å². The molecular formula is C21H27N5OS. The molecule has 148 valence electrons. The van der Waals surface area contributed by atoms with Gasteiger partial charge in [0.25, 0.3) is 5.78 Å². The number of fused-ring (bicyclic) bond motifs is 1. The maximum atomic E-state index is 12.6. The third-order valence-electron chi connectivity index (χ3n) is 4.82. The molecule has 0 spiro atoms. The monoisotopic (exact) mass is 397 g/mol. The lowest BCUT2D eigenvalue weighted by molar-refractivity contribution is -0.119. The third-order valence-corrected chi connectivity index (χ3v) is 5.66. The SMILES string of the molecule is Cc1nc2nc(SCC(=O)NC(CC(C)C)c3ccccc3)nn2c(C)c1C. The highest BCUT2D eigenvalue weighted by molar-refractivity contribution is 7.99. The van der Waals surface area contributed by atoms with Gasteiger partial charge in [-0.25, -0.2) is 9.50 Å². The number of nitrogens with one attached hydrogen (secondary N) is 1. The van der Waals surface area contributed by atoms with E-state index in [4.69, 9.17) is 0 Å². The molecule has 0 aliphatic rings. The topological polar surface area (TPSA) is 72.2 Å². The fourth-order valence-corrected chi connectivity index (χ4v) is 3.73. The lowest BCUT2D eigenvalue weighted by atomic mass is 9.97. The van der Waals surface area contributed by atoms with Crippen LogP contribution in [0.25, 0.3) is 5.78 Å². The number of amides is 1. The van der Waals surface area contributed by atoms with Crippen molar-refractivity contribution in [2.75, 3.05) is 5.75 Å². The first-order valence-electron chi connectivity index (χ1n) is 9.52. The Hall–Kier alpha value is -2.41. The summed E-state index contributed by atoms with van der Waals surface area (Å²) in [6.07, 6.45) is 0.898. The number of hydrogen-bond donors (Lipinski definition) is 1. The average Bonchev–Trinajstić information content (AvgIpc) is 3.07. The second kappa shape index (κ2) is 8.73. The molecule has 0 bridgehead atoms. The van der Waals surface area contributed by atoms with Crippen LogP contribution in [0.2, 0.25) is 0 Å². The van der Waals surface area contributed by atoms with Crippen LogP contribution in [0, 0.1) is 26.7 Å². The Kier molecular flexibility index (Phi) is 6.34. The van der Waals surface area contributed by atoms with Gasteiger partial charge in [0, 0.05) is 11.4 Å². The Morgan fingerprint density at radius 1 is 1.14 bits per heavy atom. The highest BCUT2D eigenvalue weighted by Gasteiger charge is 2.17. The predicted molar refractivity (Wildman–Crippen MR) is 112 cm³/mol. The molecule has 1 amide bonds. The maximum absolute atomic E-state index is 12.6. The summed E-state index contributed by atoms with van der Waals surface area (Å²) >= 11 is 1.34. The lowest BCUT2D eigenvalue weighted by Crippen LogP contribution is -2.30. The van der Waals surface area contributed by atoms with Crippen molar-refractivity contribution in [3.8, 4) is 0 Å². The maximum Gasteiger partial charge on any atom is 0.253 e. The van der Waals surface area contributed by atoms with Crippen molar-refractivity contribution in [1.82, 2.24) is 24.9 Å². The van der Waals surface area contributed by atoms with Crippen molar-refractivity contribution in [2.45, 2.75) is 52.2 Å². The largest absolute Gasteiger partial charge is 0.349 e.